The number of fused-ring (bicyclic) bond motifs is 1. The van der Waals surface area contributed by atoms with Crippen LogP contribution in [-0.4, -0.2) is 0 Å². The van der Waals surface area contributed by atoms with Gasteiger partial charge >= 0.3 is 0 Å². The van der Waals surface area contributed by atoms with Crippen molar-refractivity contribution < 1.29 is 0 Å². The smallest absolute Gasteiger partial charge is 0.0575 e. The highest BCUT2D eigenvalue weighted by atomic mass is 32.1. The number of anilines is 1. The van der Waals surface area contributed by atoms with E-state index in [1.165, 1.54) is 20.5 Å². The van der Waals surface area contributed by atoms with Crippen LogP contribution in [0.4, 0.5) is 5.69 Å². The third kappa shape index (κ3) is 1.42. The topological polar surface area (TPSA) is 26.0 Å². The highest BCUT2D eigenvalue weighted by Crippen LogP contribution is 2.31. The second kappa shape index (κ2) is 3.04. The first kappa shape index (κ1) is 8.57. The summed E-state index contributed by atoms with van der Waals surface area (Å²) in [5.74, 6) is 0. The normalized spacial score (nSPS) is 10.9. The highest BCUT2D eigenvalue weighted by molar-refractivity contribution is 7.19. The van der Waals surface area contributed by atoms with Crippen LogP contribution >= 0.6 is 11.3 Å². The molecule has 2 aromatic rings. The molecule has 0 atom stereocenters. The number of hydrogen-bond acceptors (Lipinski definition) is 2. The van der Waals surface area contributed by atoms with E-state index >= 15 is 0 Å². The van der Waals surface area contributed by atoms with Gasteiger partial charge in [0.1, 0.15) is 0 Å². The van der Waals surface area contributed by atoms with Gasteiger partial charge in [0.25, 0.3) is 0 Å². The number of hydrogen-bond donors (Lipinski definition) is 1. The maximum atomic E-state index is 5.94. The Hall–Kier alpha value is -1.02. The van der Waals surface area contributed by atoms with Crippen molar-refractivity contribution in [2.24, 2.45) is 0 Å². The summed E-state index contributed by atoms with van der Waals surface area (Å²) in [6.07, 6.45) is 1.10. The molecule has 0 amide bonds. The van der Waals surface area contributed by atoms with Crippen molar-refractivity contribution in [3.63, 3.8) is 0 Å². The van der Waals surface area contributed by atoms with Crippen LogP contribution in [0, 0.1) is 6.92 Å². The number of aryl methyl sites for hydroxylation is 2. The summed E-state index contributed by atoms with van der Waals surface area (Å²) in [4.78, 5) is 1.41. The van der Waals surface area contributed by atoms with Crippen molar-refractivity contribution in [2.75, 3.05) is 5.73 Å². The molecule has 0 aliphatic heterocycles. The summed E-state index contributed by atoms with van der Waals surface area (Å²) in [5, 5.41) is 1.29. The second-order valence-electron chi connectivity index (χ2n) is 3.34. The van der Waals surface area contributed by atoms with E-state index in [1.54, 1.807) is 0 Å². The predicted octanol–water partition coefficient (Wildman–Crippen LogP) is 3.35. The third-order valence-electron chi connectivity index (χ3n) is 2.19. The Morgan fingerprint density at radius 3 is 2.77 bits per heavy atom. The molecule has 0 saturated carbocycles. The molecular formula is C11H13NS. The minimum Gasteiger partial charge on any atom is -0.398 e. The van der Waals surface area contributed by atoms with Gasteiger partial charge < -0.3 is 5.73 Å². The van der Waals surface area contributed by atoms with Gasteiger partial charge in [0.2, 0.25) is 0 Å². The zero-order valence-corrected chi connectivity index (χ0v) is 8.74. The SMILES string of the molecule is CCc1cc2cc(C)cc(N)c2s1. The first-order valence-corrected chi connectivity index (χ1v) is 5.31. The highest BCUT2D eigenvalue weighted by Gasteiger charge is 2.03. The van der Waals surface area contributed by atoms with E-state index in [0.29, 0.717) is 0 Å². The molecule has 2 heteroatoms. The number of thiophene rings is 1. The lowest BCUT2D eigenvalue weighted by molar-refractivity contribution is 1.19. The molecule has 13 heavy (non-hydrogen) atoms. The minimum atomic E-state index is 0.916. The lowest BCUT2D eigenvalue weighted by Gasteiger charge is -1.97. The first-order chi connectivity index (χ1) is 6.20. The molecule has 0 fully saturated rings. The number of rotatable bonds is 1. The van der Waals surface area contributed by atoms with Crippen LogP contribution in [0.2, 0.25) is 0 Å². The van der Waals surface area contributed by atoms with Crippen LogP contribution in [0.1, 0.15) is 17.4 Å². The first-order valence-electron chi connectivity index (χ1n) is 4.49. The molecule has 1 nitrogen and oxygen atoms in total. The average Bonchev–Trinajstić information content (AvgIpc) is 2.47. The van der Waals surface area contributed by atoms with Gasteiger partial charge in [-0.2, -0.15) is 0 Å². The van der Waals surface area contributed by atoms with E-state index < -0.39 is 0 Å². The van der Waals surface area contributed by atoms with Crippen LogP contribution in [-0.2, 0) is 6.42 Å². The molecular weight excluding hydrogens is 178 g/mol. The van der Waals surface area contributed by atoms with Gasteiger partial charge in [0, 0.05) is 10.6 Å². The molecule has 0 spiro atoms. The Bertz CT molecular complexity index is 443. The maximum Gasteiger partial charge on any atom is 0.0575 e. The standard InChI is InChI=1S/C11H13NS/c1-3-9-6-8-4-7(2)5-10(12)11(8)13-9/h4-6H,3,12H2,1-2H3. The fourth-order valence-corrected chi connectivity index (χ4v) is 2.57. The van der Waals surface area contributed by atoms with Gasteiger partial charge in [-0.15, -0.1) is 11.3 Å². The van der Waals surface area contributed by atoms with E-state index in [2.05, 4.69) is 26.0 Å². The van der Waals surface area contributed by atoms with Gasteiger partial charge in [-0.25, -0.2) is 0 Å². The van der Waals surface area contributed by atoms with Crippen molar-refractivity contribution in [3.05, 3.63) is 28.6 Å². The molecule has 0 unspecified atom stereocenters. The Labute approximate surface area is 82.2 Å². The third-order valence-corrected chi connectivity index (χ3v) is 3.53. The molecule has 0 saturated heterocycles. The lowest BCUT2D eigenvalue weighted by atomic mass is 10.1. The summed E-state index contributed by atoms with van der Waals surface area (Å²) in [7, 11) is 0. The van der Waals surface area contributed by atoms with Crippen LogP contribution in [0.3, 0.4) is 0 Å². The largest absolute Gasteiger partial charge is 0.398 e. The lowest BCUT2D eigenvalue weighted by Crippen LogP contribution is -1.84. The van der Waals surface area contributed by atoms with E-state index in [9.17, 15) is 0 Å². The summed E-state index contributed by atoms with van der Waals surface area (Å²) >= 11 is 1.81. The minimum absolute atomic E-state index is 0.916. The fraction of sp³-hybridized carbons (Fsp3) is 0.273. The second-order valence-corrected chi connectivity index (χ2v) is 4.48. The van der Waals surface area contributed by atoms with Crippen molar-refractivity contribution in [3.8, 4) is 0 Å². The van der Waals surface area contributed by atoms with Crippen LogP contribution in [0.25, 0.3) is 10.1 Å². The zero-order chi connectivity index (χ0) is 9.42. The quantitative estimate of drug-likeness (QED) is 0.687. The van der Waals surface area contributed by atoms with Gasteiger partial charge in [-0.3, -0.25) is 0 Å². The Balaban J connectivity index is 2.75. The van der Waals surface area contributed by atoms with E-state index in [4.69, 9.17) is 5.73 Å². The van der Waals surface area contributed by atoms with Crippen molar-refractivity contribution in [2.45, 2.75) is 20.3 Å². The summed E-state index contributed by atoms with van der Waals surface area (Å²) in [6, 6.07) is 6.48. The van der Waals surface area contributed by atoms with Crippen LogP contribution < -0.4 is 5.73 Å². The summed E-state index contributed by atoms with van der Waals surface area (Å²) in [5.41, 5.74) is 8.09. The molecule has 0 aliphatic rings. The Morgan fingerprint density at radius 1 is 1.31 bits per heavy atom. The molecule has 2 N–H and O–H groups in total. The van der Waals surface area contributed by atoms with Gasteiger partial charge in [-0.05, 0) is 36.4 Å². The number of nitrogen functional groups attached to an aromatic ring is 1. The molecule has 1 aromatic heterocycles. The number of nitrogens with two attached hydrogens (primary N) is 1. The van der Waals surface area contributed by atoms with Gasteiger partial charge in [0.05, 0.1) is 4.70 Å². The fourth-order valence-electron chi connectivity index (χ4n) is 1.56. The Kier molecular flexibility index (Phi) is 2.00. The van der Waals surface area contributed by atoms with E-state index in [1.807, 2.05) is 17.4 Å². The maximum absolute atomic E-state index is 5.94. The molecule has 0 radical (unpaired) electrons. The van der Waals surface area contributed by atoms with E-state index in [0.717, 1.165) is 12.1 Å². The average molecular weight is 191 g/mol. The summed E-state index contributed by atoms with van der Waals surface area (Å²) in [6.45, 7) is 4.26. The van der Waals surface area contributed by atoms with Crippen molar-refractivity contribution in [1.29, 1.82) is 0 Å². The number of benzene rings is 1. The molecule has 0 bridgehead atoms. The van der Waals surface area contributed by atoms with Gasteiger partial charge in [-0.1, -0.05) is 13.0 Å². The van der Waals surface area contributed by atoms with Gasteiger partial charge in [0.15, 0.2) is 0 Å². The Morgan fingerprint density at radius 2 is 2.08 bits per heavy atom. The molecule has 1 heterocycles. The van der Waals surface area contributed by atoms with Crippen molar-refractivity contribution >= 4 is 27.1 Å². The summed E-state index contributed by atoms with van der Waals surface area (Å²) < 4.78 is 1.24. The monoisotopic (exact) mass is 191 g/mol. The van der Waals surface area contributed by atoms with Crippen LogP contribution in [0.5, 0.6) is 0 Å². The molecule has 1 aromatic carbocycles. The van der Waals surface area contributed by atoms with Crippen molar-refractivity contribution in [1.82, 2.24) is 0 Å². The molecule has 0 aliphatic carbocycles. The predicted molar refractivity (Wildman–Crippen MR) is 60.4 cm³/mol. The van der Waals surface area contributed by atoms with Crippen LogP contribution in [0.15, 0.2) is 18.2 Å². The van der Waals surface area contributed by atoms with E-state index in [-0.39, 0.29) is 0 Å². The zero-order valence-electron chi connectivity index (χ0n) is 7.92. The molecule has 2 rings (SSSR count). The molecule has 68 valence electrons.